The molecule has 9 unspecified atom stereocenters. The highest BCUT2D eigenvalue weighted by molar-refractivity contribution is 5.69. The molecule has 2 rings (SSSR count). The summed E-state index contributed by atoms with van der Waals surface area (Å²) < 4.78 is 21.5. The van der Waals surface area contributed by atoms with Gasteiger partial charge in [-0.2, -0.15) is 0 Å². The van der Waals surface area contributed by atoms with Crippen LogP contribution in [0, 0.1) is 0 Å². The Morgan fingerprint density at radius 3 is 1.71 bits per heavy atom. The van der Waals surface area contributed by atoms with E-state index < -0.39 is 80.6 Å². The van der Waals surface area contributed by atoms with E-state index >= 15 is 0 Å². The highest BCUT2D eigenvalue weighted by atomic mass is 16.8. The zero-order valence-corrected chi connectivity index (χ0v) is 25.2. The van der Waals surface area contributed by atoms with Crippen molar-refractivity contribution in [2.75, 3.05) is 19.8 Å². The van der Waals surface area contributed by atoms with E-state index in [2.05, 4.69) is 6.92 Å². The molecule has 0 bridgehead atoms. The van der Waals surface area contributed by atoms with Gasteiger partial charge in [-0.25, -0.2) is 0 Å². The van der Waals surface area contributed by atoms with Gasteiger partial charge in [0.2, 0.25) is 0 Å². The maximum Gasteiger partial charge on any atom is 0.308 e. The van der Waals surface area contributed by atoms with Crippen LogP contribution in [0.25, 0.3) is 0 Å². The summed E-state index contributed by atoms with van der Waals surface area (Å²) in [5, 5.41) is 70.1. The van der Waals surface area contributed by atoms with Crippen LogP contribution in [0.4, 0.5) is 0 Å². The van der Waals surface area contributed by atoms with Gasteiger partial charge in [0.25, 0.3) is 5.79 Å². The fourth-order valence-corrected chi connectivity index (χ4v) is 5.52. The Labute approximate surface area is 249 Å². The number of unbranched alkanes of at least 4 members (excludes halogenated alkanes) is 14. The summed E-state index contributed by atoms with van der Waals surface area (Å²) in [6, 6.07) is 0. The first-order chi connectivity index (χ1) is 20.2. The lowest BCUT2D eigenvalue weighted by atomic mass is 9.99. The summed E-state index contributed by atoms with van der Waals surface area (Å²) in [4.78, 5) is 12.5. The second kappa shape index (κ2) is 20.2. The van der Waals surface area contributed by atoms with E-state index in [9.17, 15) is 40.5 Å². The van der Waals surface area contributed by atoms with Crippen molar-refractivity contribution in [2.24, 2.45) is 0 Å². The molecule has 12 heteroatoms. The molecule has 2 fully saturated rings. The van der Waals surface area contributed by atoms with E-state index in [-0.39, 0.29) is 6.42 Å². The first kappa shape index (κ1) is 37.3. The number of esters is 1. The van der Waals surface area contributed by atoms with Crippen LogP contribution in [-0.4, -0.2) is 116 Å². The third-order valence-corrected chi connectivity index (χ3v) is 8.27. The lowest BCUT2D eigenvalue weighted by molar-refractivity contribution is -0.311. The molecule has 2 aliphatic rings. The minimum absolute atomic E-state index is 0.0677. The zero-order chi connectivity index (χ0) is 31.0. The van der Waals surface area contributed by atoms with Crippen LogP contribution in [0.2, 0.25) is 0 Å². The molecule has 12 nitrogen and oxygen atoms in total. The fourth-order valence-electron chi connectivity index (χ4n) is 5.52. The number of carbonyl (C=O) groups is 1. The summed E-state index contributed by atoms with van der Waals surface area (Å²) in [7, 11) is 0. The number of hydrogen-bond acceptors (Lipinski definition) is 12. The Bertz CT molecular complexity index is 724. The maximum absolute atomic E-state index is 12.5. The van der Waals surface area contributed by atoms with Crippen molar-refractivity contribution in [3.63, 3.8) is 0 Å². The summed E-state index contributed by atoms with van der Waals surface area (Å²) >= 11 is 0. The van der Waals surface area contributed by atoms with Crippen LogP contribution in [0.1, 0.15) is 110 Å². The quantitative estimate of drug-likeness (QED) is 0.0691. The molecule has 9 atom stereocenters. The lowest BCUT2D eigenvalue weighted by Gasteiger charge is -2.39. The van der Waals surface area contributed by atoms with E-state index in [1.54, 1.807) is 0 Å². The molecule has 7 N–H and O–H groups in total. The van der Waals surface area contributed by atoms with Crippen molar-refractivity contribution in [2.45, 2.75) is 164 Å². The molecular formula is C30H56O12. The number of rotatable bonds is 22. The maximum atomic E-state index is 12.5. The summed E-state index contributed by atoms with van der Waals surface area (Å²) in [6.07, 6.45) is 5.77. The predicted octanol–water partition coefficient (Wildman–Crippen LogP) is 1.42. The number of carbonyl (C=O) groups excluding carboxylic acids is 1. The van der Waals surface area contributed by atoms with Crippen molar-refractivity contribution in [3.8, 4) is 0 Å². The van der Waals surface area contributed by atoms with Gasteiger partial charge in [0, 0.05) is 6.42 Å². The molecule has 0 spiro atoms. The highest BCUT2D eigenvalue weighted by Crippen LogP contribution is 2.34. The molecule has 0 aromatic carbocycles. The number of ether oxygens (including phenoxy) is 4. The van der Waals surface area contributed by atoms with Gasteiger partial charge in [-0.15, -0.1) is 0 Å². The molecule has 0 aromatic heterocycles. The lowest BCUT2D eigenvalue weighted by Crippen LogP contribution is -2.59. The first-order valence-electron chi connectivity index (χ1n) is 16.0. The van der Waals surface area contributed by atoms with Crippen molar-refractivity contribution < 1.29 is 59.5 Å². The second-order valence-electron chi connectivity index (χ2n) is 11.8. The molecule has 0 saturated carbocycles. The molecule has 248 valence electrons. The molecule has 0 aromatic rings. The van der Waals surface area contributed by atoms with Gasteiger partial charge in [-0.05, 0) is 6.42 Å². The third-order valence-electron chi connectivity index (χ3n) is 8.27. The van der Waals surface area contributed by atoms with Crippen molar-refractivity contribution in [1.82, 2.24) is 0 Å². The van der Waals surface area contributed by atoms with Gasteiger partial charge in [0.05, 0.1) is 13.2 Å². The Kier molecular flexibility index (Phi) is 17.9. The van der Waals surface area contributed by atoms with Crippen molar-refractivity contribution in [1.29, 1.82) is 0 Å². The van der Waals surface area contributed by atoms with Crippen LogP contribution in [0.5, 0.6) is 0 Å². The van der Waals surface area contributed by atoms with Gasteiger partial charge in [0.15, 0.2) is 12.4 Å². The number of hydrogen-bond donors (Lipinski definition) is 7. The summed E-state index contributed by atoms with van der Waals surface area (Å²) in [5.41, 5.74) is 0. The largest absolute Gasteiger partial charge is 0.427 e. The van der Waals surface area contributed by atoms with E-state index in [4.69, 9.17) is 18.9 Å². The van der Waals surface area contributed by atoms with E-state index in [1.165, 1.54) is 70.6 Å². The molecule has 0 aliphatic carbocycles. The van der Waals surface area contributed by atoms with Gasteiger partial charge < -0.3 is 54.7 Å². The van der Waals surface area contributed by atoms with Crippen LogP contribution in [0.3, 0.4) is 0 Å². The van der Waals surface area contributed by atoms with Crippen molar-refractivity contribution >= 4 is 5.97 Å². The number of aliphatic hydroxyl groups is 7. The topological polar surface area (TPSA) is 196 Å². The van der Waals surface area contributed by atoms with E-state index in [1.807, 2.05) is 0 Å². The smallest absolute Gasteiger partial charge is 0.308 e. The minimum atomic E-state index is -2.19. The van der Waals surface area contributed by atoms with Gasteiger partial charge in [-0.3, -0.25) is 4.79 Å². The van der Waals surface area contributed by atoms with Crippen LogP contribution in [-0.2, 0) is 23.7 Å². The Morgan fingerprint density at radius 1 is 0.690 bits per heavy atom. The summed E-state index contributed by atoms with van der Waals surface area (Å²) in [6.45, 7) is 0.197. The minimum Gasteiger partial charge on any atom is -0.427 e. The molecule has 0 radical (unpaired) electrons. The van der Waals surface area contributed by atoms with Crippen LogP contribution >= 0.6 is 0 Å². The Morgan fingerprint density at radius 2 is 1.21 bits per heavy atom. The Balaban J connectivity index is 1.62. The fraction of sp³-hybridized carbons (Fsp3) is 0.967. The van der Waals surface area contributed by atoms with Crippen LogP contribution < -0.4 is 0 Å². The average molecular weight is 609 g/mol. The predicted molar refractivity (Wildman–Crippen MR) is 152 cm³/mol. The van der Waals surface area contributed by atoms with E-state index in [0.29, 0.717) is 6.42 Å². The van der Waals surface area contributed by atoms with Crippen LogP contribution in [0.15, 0.2) is 0 Å². The van der Waals surface area contributed by atoms with Gasteiger partial charge in [0.1, 0.15) is 43.2 Å². The standard InChI is InChI=1S/C30H56O12/c1-2-3-4-5-6-7-8-9-10-11-12-13-14-15-16-17-23(33)42-30(20-32)28(38)25(35)22(41-30)19-39-29-27(37)26(36)24(34)21(18-31)40-29/h21-22,24-29,31-32,34-38H,2-20H2,1H3. The molecular weight excluding hydrogens is 552 g/mol. The summed E-state index contributed by atoms with van der Waals surface area (Å²) in [5.74, 6) is -2.87. The second-order valence-corrected chi connectivity index (χ2v) is 11.8. The normalized spacial score (nSPS) is 33.2. The molecule has 2 saturated heterocycles. The SMILES string of the molecule is CCCCCCCCCCCCCCCCCC(=O)OC1(CO)OC(COC2OC(CO)C(O)C(O)C2O)C(O)C1O. The molecule has 2 aliphatic heterocycles. The molecule has 0 amide bonds. The third kappa shape index (κ3) is 11.5. The van der Waals surface area contributed by atoms with Gasteiger partial charge >= 0.3 is 5.97 Å². The average Bonchev–Trinajstić information content (AvgIpc) is 3.22. The molecule has 2 heterocycles. The first-order valence-corrected chi connectivity index (χ1v) is 16.0. The number of aliphatic hydroxyl groups excluding tert-OH is 7. The zero-order valence-electron chi connectivity index (χ0n) is 25.2. The van der Waals surface area contributed by atoms with Crippen molar-refractivity contribution in [3.05, 3.63) is 0 Å². The van der Waals surface area contributed by atoms with E-state index in [0.717, 1.165) is 19.3 Å². The highest BCUT2D eigenvalue weighted by Gasteiger charge is 2.57. The molecule has 42 heavy (non-hydrogen) atoms. The Hall–Kier alpha value is -0.930. The monoisotopic (exact) mass is 608 g/mol. The van der Waals surface area contributed by atoms with Gasteiger partial charge in [-0.1, -0.05) is 96.8 Å².